The number of alkyl carbamates (subject to hydrolysis) is 1. The summed E-state index contributed by atoms with van der Waals surface area (Å²) in [5, 5.41) is 11.6. The molecule has 7 nitrogen and oxygen atoms in total. The molecular weight excluding hydrogens is 266 g/mol. The number of ether oxygens (including phenoxy) is 3. The zero-order chi connectivity index (χ0) is 15.0. The average molecular weight is 287 g/mol. The van der Waals surface area contributed by atoms with E-state index in [1.807, 2.05) is 0 Å². The third-order valence-corrected chi connectivity index (χ3v) is 3.37. The van der Waals surface area contributed by atoms with E-state index in [-0.39, 0.29) is 5.92 Å². The highest BCUT2D eigenvalue weighted by Crippen LogP contribution is 2.45. The second-order valence-electron chi connectivity index (χ2n) is 6.24. The summed E-state index contributed by atoms with van der Waals surface area (Å²) in [5.41, 5.74) is -0.661. The van der Waals surface area contributed by atoms with E-state index < -0.39 is 29.5 Å². The SMILES string of the molecule is CC(C)(C)OC(=O)NC(C(=O)O)C1CC2(C1)OCCO2. The van der Waals surface area contributed by atoms with Crippen molar-refractivity contribution in [2.45, 2.75) is 51.0 Å². The molecule has 1 saturated heterocycles. The van der Waals surface area contributed by atoms with Crippen LogP contribution in [0.15, 0.2) is 0 Å². The molecule has 20 heavy (non-hydrogen) atoms. The Hall–Kier alpha value is -1.34. The monoisotopic (exact) mass is 287 g/mol. The Morgan fingerprint density at radius 1 is 1.30 bits per heavy atom. The summed E-state index contributed by atoms with van der Waals surface area (Å²) >= 11 is 0. The largest absolute Gasteiger partial charge is 0.480 e. The lowest BCUT2D eigenvalue weighted by molar-refractivity contribution is -0.235. The fraction of sp³-hybridized carbons (Fsp3) is 0.846. The van der Waals surface area contributed by atoms with Crippen molar-refractivity contribution in [3.63, 3.8) is 0 Å². The minimum absolute atomic E-state index is 0.210. The van der Waals surface area contributed by atoms with E-state index >= 15 is 0 Å². The number of carboxylic acids is 1. The molecule has 2 N–H and O–H groups in total. The van der Waals surface area contributed by atoms with Crippen LogP contribution >= 0.6 is 0 Å². The first-order valence-corrected chi connectivity index (χ1v) is 6.71. The van der Waals surface area contributed by atoms with Crippen molar-refractivity contribution in [1.29, 1.82) is 0 Å². The van der Waals surface area contributed by atoms with Crippen molar-refractivity contribution in [2.24, 2.45) is 5.92 Å². The summed E-state index contributed by atoms with van der Waals surface area (Å²) in [7, 11) is 0. The molecule has 0 radical (unpaired) electrons. The highest BCUT2D eigenvalue weighted by atomic mass is 16.7. The quantitative estimate of drug-likeness (QED) is 0.807. The molecule has 114 valence electrons. The minimum Gasteiger partial charge on any atom is -0.480 e. The summed E-state index contributed by atoms with van der Waals surface area (Å²) < 4.78 is 16.0. The van der Waals surface area contributed by atoms with Crippen molar-refractivity contribution < 1.29 is 28.9 Å². The summed E-state index contributed by atoms with van der Waals surface area (Å²) in [4.78, 5) is 23.0. The maximum absolute atomic E-state index is 11.7. The van der Waals surface area contributed by atoms with Gasteiger partial charge >= 0.3 is 12.1 Å². The fourth-order valence-electron chi connectivity index (χ4n) is 2.52. The lowest BCUT2D eigenvalue weighted by Gasteiger charge is -2.45. The predicted octanol–water partition coefficient (Wildman–Crippen LogP) is 1.12. The van der Waals surface area contributed by atoms with Crippen LogP contribution in [0.4, 0.5) is 4.79 Å². The van der Waals surface area contributed by atoms with Crippen molar-refractivity contribution >= 4 is 12.1 Å². The first kappa shape index (κ1) is 15.1. The van der Waals surface area contributed by atoms with Crippen molar-refractivity contribution in [1.82, 2.24) is 5.32 Å². The Morgan fingerprint density at radius 3 is 2.30 bits per heavy atom. The third kappa shape index (κ3) is 3.40. The average Bonchev–Trinajstić information content (AvgIpc) is 2.70. The Bertz CT molecular complexity index is 388. The van der Waals surface area contributed by atoms with Crippen LogP contribution < -0.4 is 5.32 Å². The smallest absolute Gasteiger partial charge is 0.408 e. The van der Waals surface area contributed by atoms with Crippen molar-refractivity contribution in [3.8, 4) is 0 Å². The molecule has 1 amide bonds. The van der Waals surface area contributed by atoms with Crippen molar-refractivity contribution in [2.75, 3.05) is 13.2 Å². The Labute approximate surface area is 117 Å². The number of hydrogen-bond donors (Lipinski definition) is 2. The van der Waals surface area contributed by atoms with Gasteiger partial charge in [0.2, 0.25) is 0 Å². The van der Waals surface area contributed by atoms with E-state index in [9.17, 15) is 14.7 Å². The lowest BCUT2D eigenvalue weighted by atomic mass is 9.74. The molecule has 2 aliphatic rings. The fourth-order valence-corrected chi connectivity index (χ4v) is 2.52. The zero-order valence-electron chi connectivity index (χ0n) is 12.0. The maximum Gasteiger partial charge on any atom is 0.408 e. The number of hydrogen-bond acceptors (Lipinski definition) is 5. The molecule has 0 bridgehead atoms. The number of rotatable bonds is 3. The van der Waals surface area contributed by atoms with E-state index in [0.717, 1.165) is 0 Å². The van der Waals surface area contributed by atoms with Crippen LogP contribution in [0, 0.1) is 5.92 Å². The molecule has 0 aromatic rings. The second-order valence-corrected chi connectivity index (χ2v) is 6.24. The van der Waals surface area contributed by atoms with Crippen LogP contribution in [-0.4, -0.2) is 47.8 Å². The van der Waals surface area contributed by atoms with Crippen LogP contribution in [0.2, 0.25) is 0 Å². The topological polar surface area (TPSA) is 94.1 Å². The molecular formula is C13H21NO6. The number of carbonyl (C=O) groups is 2. The minimum atomic E-state index is -1.08. The number of carbonyl (C=O) groups excluding carboxylic acids is 1. The van der Waals surface area contributed by atoms with Crippen LogP contribution in [0.25, 0.3) is 0 Å². The van der Waals surface area contributed by atoms with Crippen LogP contribution in [-0.2, 0) is 19.0 Å². The van der Waals surface area contributed by atoms with Gasteiger partial charge in [-0.1, -0.05) is 0 Å². The van der Waals surface area contributed by atoms with Gasteiger partial charge in [0.15, 0.2) is 5.79 Å². The van der Waals surface area contributed by atoms with E-state index in [4.69, 9.17) is 14.2 Å². The van der Waals surface area contributed by atoms with Crippen LogP contribution in [0.5, 0.6) is 0 Å². The molecule has 2 fully saturated rings. The highest BCUT2D eigenvalue weighted by molar-refractivity contribution is 5.80. The predicted molar refractivity (Wildman–Crippen MR) is 68.2 cm³/mol. The van der Waals surface area contributed by atoms with Gasteiger partial charge in [-0.05, 0) is 20.8 Å². The Morgan fingerprint density at radius 2 is 1.85 bits per heavy atom. The van der Waals surface area contributed by atoms with Crippen molar-refractivity contribution in [3.05, 3.63) is 0 Å². The van der Waals surface area contributed by atoms with Gasteiger partial charge in [-0.2, -0.15) is 0 Å². The molecule has 1 aliphatic carbocycles. The normalized spacial score (nSPS) is 23.1. The molecule has 1 atom stereocenters. The van der Waals surface area contributed by atoms with E-state index in [1.54, 1.807) is 20.8 Å². The van der Waals surface area contributed by atoms with Gasteiger partial charge in [-0.25, -0.2) is 9.59 Å². The van der Waals surface area contributed by atoms with Gasteiger partial charge in [-0.3, -0.25) is 0 Å². The van der Waals surface area contributed by atoms with Gasteiger partial charge in [0, 0.05) is 18.8 Å². The molecule has 1 saturated carbocycles. The van der Waals surface area contributed by atoms with Crippen LogP contribution in [0.1, 0.15) is 33.6 Å². The number of nitrogens with one attached hydrogen (secondary N) is 1. The van der Waals surface area contributed by atoms with E-state index in [0.29, 0.717) is 26.1 Å². The second kappa shape index (κ2) is 5.21. The molecule has 1 heterocycles. The lowest BCUT2D eigenvalue weighted by Crippen LogP contribution is -2.57. The Kier molecular flexibility index (Phi) is 3.93. The molecule has 1 spiro atoms. The van der Waals surface area contributed by atoms with Crippen LogP contribution in [0.3, 0.4) is 0 Å². The van der Waals surface area contributed by atoms with Gasteiger partial charge in [0.1, 0.15) is 11.6 Å². The zero-order valence-corrected chi connectivity index (χ0v) is 12.0. The third-order valence-electron chi connectivity index (χ3n) is 3.37. The number of aliphatic carboxylic acids is 1. The molecule has 1 aliphatic heterocycles. The summed E-state index contributed by atoms with van der Waals surface area (Å²) in [5.74, 6) is -1.92. The van der Waals surface area contributed by atoms with Gasteiger partial charge < -0.3 is 24.6 Å². The van der Waals surface area contributed by atoms with Gasteiger partial charge in [0.05, 0.1) is 13.2 Å². The number of amides is 1. The first-order chi connectivity index (χ1) is 9.21. The molecule has 0 aromatic heterocycles. The molecule has 7 heteroatoms. The highest BCUT2D eigenvalue weighted by Gasteiger charge is 2.53. The summed E-state index contributed by atoms with van der Waals surface area (Å²) in [6.45, 7) is 6.23. The van der Waals surface area contributed by atoms with Gasteiger partial charge in [-0.15, -0.1) is 0 Å². The van der Waals surface area contributed by atoms with E-state index in [2.05, 4.69) is 5.32 Å². The molecule has 2 rings (SSSR count). The Balaban J connectivity index is 1.89. The maximum atomic E-state index is 11.7. The molecule has 0 aromatic carbocycles. The van der Waals surface area contributed by atoms with Gasteiger partial charge in [0.25, 0.3) is 0 Å². The standard InChI is InChI=1S/C13H21NO6/c1-12(2,3)20-11(17)14-9(10(15)16)8-6-13(7-8)18-4-5-19-13/h8-9H,4-7H2,1-3H3,(H,14,17)(H,15,16). The first-order valence-electron chi connectivity index (χ1n) is 6.71. The van der Waals surface area contributed by atoms with E-state index in [1.165, 1.54) is 0 Å². The molecule has 1 unspecified atom stereocenters. The summed E-state index contributed by atoms with van der Waals surface area (Å²) in [6.07, 6.45) is 0.221. The summed E-state index contributed by atoms with van der Waals surface area (Å²) in [6, 6.07) is -0.983. The number of carboxylic acid groups (broad SMARTS) is 1.